The molecular weight excluding hydrogens is 322 g/mol. The van der Waals surface area contributed by atoms with E-state index < -0.39 is 0 Å². The highest BCUT2D eigenvalue weighted by Gasteiger charge is 2.10. The number of likely N-dealkylation sites (N-methyl/N-ethyl adjacent to an activating group) is 1. The van der Waals surface area contributed by atoms with E-state index in [0.717, 1.165) is 30.3 Å². The molecule has 1 N–H and O–H groups in total. The molecule has 0 fully saturated rings. The number of aryl methyl sites for hydroxylation is 1. The first kappa shape index (κ1) is 16.3. The zero-order valence-corrected chi connectivity index (χ0v) is 14.5. The minimum Gasteiger partial charge on any atom is -0.314 e. The molecule has 112 valence electrons. The maximum absolute atomic E-state index is 3.61. The molecule has 2 rings (SSSR count). The molecule has 0 saturated heterocycles. The summed E-state index contributed by atoms with van der Waals surface area (Å²) in [6.45, 7) is 5.38. The van der Waals surface area contributed by atoms with Crippen molar-refractivity contribution in [3.8, 4) is 0 Å². The Morgan fingerprint density at radius 3 is 2.19 bits per heavy atom. The summed E-state index contributed by atoms with van der Waals surface area (Å²) in [4.78, 5) is 0. The highest BCUT2D eigenvalue weighted by atomic mass is 79.9. The number of rotatable bonds is 7. The summed E-state index contributed by atoms with van der Waals surface area (Å²) in [5.41, 5.74) is 4.19. The quantitative estimate of drug-likeness (QED) is 0.761. The molecule has 0 radical (unpaired) electrons. The average molecular weight is 346 g/mol. The Labute approximate surface area is 136 Å². The van der Waals surface area contributed by atoms with Crippen molar-refractivity contribution >= 4 is 15.9 Å². The van der Waals surface area contributed by atoms with E-state index in [0.29, 0.717) is 6.04 Å². The van der Waals surface area contributed by atoms with Crippen LogP contribution < -0.4 is 5.32 Å². The summed E-state index contributed by atoms with van der Waals surface area (Å²) >= 11 is 3.55. The molecule has 0 aliphatic heterocycles. The monoisotopic (exact) mass is 345 g/mol. The standard InChI is InChI=1S/C19H24BrN/c1-3-15-8-10-16(11-9-15)13-19(21-4-2)14-17-6-5-7-18(20)12-17/h5-12,19,21H,3-4,13-14H2,1-2H3. The van der Waals surface area contributed by atoms with Gasteiger partial charge in [-0.25, -0.2) is 0 Å². The highest BCUT2D eigenvalue weighted by molar-refractivity contribution is 9.10. The lowest BCUT2D eigenvalue weighted by atomic mass is 9.98. The smallest absolute Gasteiger partial charge is 0.0178 e. The molecule has 1 nitrogen and oxygen atoms in total. The molecule has 0 saturated carbocycles. The van der Waals surface area contributed by atoms with E-state index in [2.05, 4.69) is 83.6 Å². The molecule has 0 aliphatic rings. The van der Waals surface area contributed by atoms with Gasteiger partial charge in [-0.3, -0.25) is 0 Å². The molecule has 2 aromatic carbocycles. The van der Waals surface area contributed by atoms with Gasteiger partial charge >= 0.3 is 0 Å². The summed E-state index contributed by atoms with van der Waals surface area (Å²) in [5.74, 6) is 0. The molecule has 1 atom stereocenters. The van der Waals surface area contributed by atoms with Crippen molar-refractivity contribution in [1.82, 2.24) is 5.32 Å². The number of hydrogen-bond acceptors (Lipinski definition) is 1. The molecule has 2 heteroatoms. The minimum atomic E-state index is 0.483. The van der Waals surface area contributed by atoms with Crippen molar-refractivity contribution in [1.29, 1.82) is 0 Å². The van der Waals surface area contributed by atoms with E-state index in [4.69, 9.17) is 0 Å². The van der Waals surface area contributed by atoms with Crippen LogP contribution in [0, 0.1) is 0 Å². The van der Waals surface area contributed by atoms with Gasteiger partial charge in [0.05, 0.1) is 0 Å². The third-order valence-corrected chi connectivity index (χ3v) is 4.27. The van der Waals surface area contributed by atoms with Crippen LogP contribution in [0.4, 0.5) is 0 Å². The van der Waals surface area contributed by atoms with Gasteiger partial charge in [-0.2, -0.15) is 0 Å². The molecule has 0 aromatic heterocycles. The summed E-state index contributed by atoms with van der Waals surface area (Å²) in [7, 11) is 0. The second kappa shape index (κ2) is 8.35. The van der Waals surface area contributed by atoms with Gasteiger partial charge in [0.15, 0.2) is 0 Å². The van der Waals surface area contributed by atoms with Gasteiger partial charge in [-0.15, -0.1) is 0 Å². The third-order valence-electron chi connectivity index (χ3n) is 3.78. The number of benzene rings is 2. The largest absolute Gasteiger partial charge is 0.314 e. The van der Waals surface area contributed by atoms with Crippen LogP contribution in [0.25, 0.3) is 0 Å². The molecule has 0 heterocycles. The van der Waals surface area contributed by atoms with Crippen LogP contribution in [-0.2, 0) is 19.3 Å². The van der Waals surface area contributed by atoms with Gasteiger partial charge in [0.1, 0.15) is 0 Å². The molecule has 1 unspecified atom stereocenters. The Balaban J connectivity index is 2.04. The van der Waals surface area contributed by atoms with E-state index in [1.165, 1.54) is 16.7 Å². The van der Waals surface area contributed by atoms with Gasteiger partial charge in [0, 0.05) is 10.5 Å². The van der Waals surface area contributed by atoms with E-state index in [9.17, 15) is 0 Å². The Morgan fingerprint density at radius 2 is 1.57 bits per heavy atom. The summed E-state index contributed by atoms with van der Waals surface area (Å²) < 4.78 is 1.16. The summed E-state index contributed by atoms with van der Waals surface area (Å²) in [5, 5.41) is 3.61. The molecule has 21 heavy (non-hydrogen) atoms. The molecular formula is C19H24BrN. The molecule has 0 aliphatic carbocycles. The van der Waals surface area contributed by atoms with Gasteiger partial charge in [0.25, 0.3) is 0 Å². The molecule has 0 bridgehead atoms. The van der Waals surface area contributed by atoms with Crippen LogP contribution in [0.5, 0.6) is 0 Å². The second-order valence-electron chi connectivity index (χ2n) is 5.46. The number of nitrogens with one attached hydrogen (secondary N) is 1. The van der Waals surface area contributed by atoms with Crippen LogP contribution in [0.3, 0.4) is 0 Å². The lowest BCUT2D eigenvalue weighted by Crippen LogP contribution is -2.33. The van der Waals surface area contributed by atoms with Gasteiger partial charge in [-0.1, -0.05) is 66.2 Å². The molecule has 2 aromatic rings. The fourth-order valence-corrected chi connectivity index (χ4v) is 3.10. The highest BCUT2D eigenvalue weighted by Crippen LogP contribution is 2.15. The normalized spacial score (nSPS) is 12.3. The van der Waals surface area contributed by atoms with Crippen molar-refractivity contribution in [2.45, 2.75) is 39.2 Å². The summed E-state index contributed by atoms with van der Waals surface area (Å²) in [6, 6.07) is 18.1. The van der Waals surface area contributed by atoms with Crippen LogP contribution in [0.1, 0.15) is 30.5 Å². The lowest BCUT2D eigenvalue weighted by Gasteiger charge is -2.18. The van der Waals surface area contributed by atoms with Crippen LogP contribution in [-0.4, -0.2) is 12.6 Å². The Morgan fingerprint density at radius 1 is 0.905 bits per heavy atom. The molecule has 0 amide bonds. The summed E-state index contributed by atoms with van der Waals surface area (Å²) in [6.07, 6.45) is 3.24. The van der Waals surface area contributed by atoms with Crippen molar-refractivity contribution in [2.24, 2.45) is 0 Å². The first-order valence-corrected chi connectivity index (χ1v) is 8.56. The maximum Gasteiger partial charge on any atom is 0.0178 e. The first-order chi connectivity index (χ1) is 10.2. The first-order valence-electron chi connectivity index (χ1n) is 7.77. The number of halogens is 1. The third kappa shape index (κ3) is 5.29. The Kier molecular flexibility index (Phi) is 6.47. The lowest BCUT2D eigenvalue weighted by molar-refractivity contribution is 0.521. The predicted octanol–water partition coefficient (Wildman–Crippen LogP) is 4.77. The van der Waals surface area contributed by atoms with E-state index in [1.54, 1.807) is 0 Å². The van der Waals surface area contributed by atoms with E-state index in [-0.39, 0.29) is 0 Å². The number of hydrogen-bond donors (Lipinski definition) is 1. The zero-order valence-electron chi connectivity index (χ0n) is 12.9. The van der Waals surface area contributed by atoms with Crippen molar-refractivity contribution in [2.75, 3.05) is 6.54 Å². The minimum absolute atomic E-state index is 0.483. The van der Waals surface area contributed by atoms with Crippen LogP contribution in [0.15, 0.2) is 53.0 Å². The van der Waals surface area contributed by atoms with E-state index >= 15 is 0 Å². The Bertz CT molecular complexity index is 548. The maximum atomic E-state index is 3.61. The topological polar surface area (TPSA) is 12.0 Å². The zero-order chi connectivity index (χ0) is 15.1. The SMILES string of the molecule is CCNC(Cc1ccc(CC)cc1)Cc1cccc(Br)c1. The second-order valence-corrected chi connectivity index (χ2v) is 6.38. The fraction of sp³-hybridized carbons (Fsp3) is 0.368. The predicted molar refractivity (Wildman–Crippen MR) is 94.8 cm³/mol. The van der Waals surface area contributed by atoms with Crippen LogP contribution in [0.2, 0.25) is 0 Å². The molecule has 0 spiro atoms. The van der Waals surface area contributed by atoms with Gasteiger partial charge in [-0.05, 0) is 54.6 Å². The van der Waals surface area contributed by atoms with Crippen molar-refractivity contribution < 1.29 is 0 Å². The van der Waals surface area contributed by atoms with E-state index in [1.807, 2.05) is 0 Å². The van der Waals surface area contributed by atoms with Gasteiger partial charge in [0.2, 0.25) is 0 Å². The van der Waals surface area contributed by atoms with Crippen molar-refractivity contribution in [3.05, 3.63) is 69.7 Å². The van der Waals surface area contributed by atoms with Crippen molar-refractivity contribution in [3.63, 3.8) is 0 Å². The fourth-order valence-electron chi connectivity index (χ4n) is 2.65. The van der Waals surface area contributed by atoms with Crippen LogP contribution >= 0.6 is 15.9 Å². The van der Waals surface area contributed by atoms with Gasteiger partial charge < -0.3 is 5.32 Å². The average Bonchev–Trinajstić information content (AvgIpc) is 2.48. The Hall–Kier alpha value is -1.12.